The van der Waals surface area contributed by atoms with Crippen LogP contribution in [-0.4, -0.2) is 57.9 Å². The van der Waals surface area contributed by atoms with Gasteiger partial charge in [0.2, 0.25) is 11.7 Å². The van der Waals surface area contributed by atoms with E-state index >= 15 is 0 Å². The number of halogens is 4. The number of piperazine rings is 1. The Morgan fingerprint density at radius 1 is 1.26 bits per heavy atom. The number of hydrogen-bond donors (Lipinski definition) is 2. The van der Waals surface area contributed by atoms with Gasteiger partial charge in [-0.1, -0.05) is 24.6 Å². The highest BCUT2D eigenvalue weighted by Crippen LogP contribution is 2.37. The van der Waals surface area contributed by atoms with E-state index in [2.05, 4.69) is 10.4 Å². The molecular weight excluding hydrogens is 595 g/mol. The Morgan fingerprint density at radius 2 is 2.02 bits per heavy atom. The Balaban J connectivity index is 1.63. The van der Waals surface area contributed by atoms with Crippen LogP contribution in [0.3, 0.4) is 0 Å². The lowest BCUT2D eigenvalue weighted by atomic mass is 10.0. The van der Waals surface area contributed by atoms with Crippen LogP contribution in [0.2, 0.25) is 5.02 Å². The van der Waals surface area contributed by atoms with Gasteiger partial charge in [0, 0.05) is 48.1 Å². The first-order chi connectivity index (χ1) is 20.1. The number of aromatic nitrogens is 4. The number of thiophene rings is 1. The number of amides is 1. The summed E-state index contributed by atoms with van der Waals surface area (Å²) in [6.45, 7) is 5.22. The van der Waals surface area contributed by atoms with Crippen LogP contribution < -0.4 is 21.5 Å². The summed E-state index contributed by atoms with van der Waals surface area (Å²) in [5.41, 5.74) is 6.43. The van der Waals surface area contributed by atoms with Gasteiger partial charge >= 0.3 is 6.18 Å². The summed E-state index contributed by atoms with van der Waals surface area (Å²) in [5.74, 6) is -0.564. The molecule has 2 aliphatic heterocycles. The van der Waals surface area contributed by atoms with E-state index in [0.717, 1.165) is 44.5 Å². The van der Waals surface area contributed by atoms with E-state index in [1.54, 1.807) is 0 Å². The Morgan fingerprint density at radius 3 is 2.67 bits per heavy atom. The predicted molar refractivity (Wildman–Crippen MR) is 152 cm³/mol. The molecule has 42 heavy (non-hydrogen) atoms. The molecular formula is C27H27ClF3N7O3S. The van der Waals surface area contributed by atoms with Gasteiger partial charge in [0.25, 0.3) is 5.56 Å². The molecule has 2 aliphatic rings. The van der Waals surface area contributed by atoms with Gasteiger partial charge in [0.05, 0.1) is 29.3 Å². The monoisotopic (exact) mass is 621 g/mol. The number of nitrogens with two attached hydrogens (primary N) is 1. The van der Waals surface area contributed by atoms with Crippen molar-refractivity contribution in [1.82, 2.24) is 24.5 Å². The number of anilines is 1. The van der Waals surface area contributed by atoms with Crippen LogP contribution in [0.5, 0.6) is 0 Å². The second-order valence-electron chi connectivity index (χ2n) is 10.1. The van der Waals surface area contributed by atoms with Gasteiger partial charge < -0.3 is 20.7 Å². The summed E-state index contributed by atoms with van der Waals surface area (Å²) < 4.78 is 48.5. The molecule has 1 saturated heterocycles. The van der Waals surface area contributed by atoms with Gasteiger partial charge in [-0.2, -0.15) is 22.7 Å². The van der Waals surface area contributed by atoms with Crippen molar-refractivity contribution in [2.45, 2.75) is 38.6 Å². The fraction of sp³-hybridized carbons (Fsp3) is 0.407. The quantitative estimate of drug-likeness (QED) is 0.339. The SMILES string of the molecule is CCc1c(N2CCNCC2)c(=O)n2nc(-c3cc4c(s3)CCOC4)nc2n1C(C(N)=O)c1ccc(C(F)(F)F)cc1Cl. The lowest BCUT2D eigenvalue weighted by Crippen LogP contribution is -2.47. The summed E-state index contributed by atoms with van der Waals surface area (Å²) in [6.07, 6.45) is -3.59. The predicted octanol–water partition coefficient (Wildman–Crippen LogP) is 3.41. The summed E-state index contributed by atoms with van der Waals surface area (Å²) in [5, 5.41) is 7.55. The molecule has 3 aromatic heterocycles. The van der Waals surface area contributed by atoms with Crippen molar-refractivity contribution in [3.8, 4) is 10.7 Å². The Bertz CT molecular complexity index is 1720. The molecule has 6 rings (SSSR count). The van der Waals surface area contributed by atoms with E-state index in [1.165, 1.54) is 15.9 Å². The molecule has 0 saturated carbocycles. The number of fused-ring (bicyclic) bond motifs is 2. The number of ether oxygens (including phenoxy) is 1. The third-order valence-electron chi connectivity index (χ3n) is 7.53. The summed E-state index contributed by atoms with van der Waals surface area (Å²) in [4.78, 5) is 35.7. The minimum atomic E-state index is -4.63. The Hall–Kier alpha value is -3.46. The number of nitrogens with one attached hydrogen (secondary N) is 1. The van der Waals surface area contributed by atoms with Crippen molar-refractivity contribution >= 4 is 40.3 Å². The van der Waals surface area contributed by atoms with Crippen molar-refractivity contribution in [3.05, 3.63) is 66.9 Å². The molecule has 1 amide bonds. The van der Waals surface area contributed by atoms with Crippen molar-refractivity contribution < 1.29 is 22.7 Å². The molecule has 0 aliphatic carbocycles. The number of carbonyl (C=O) groups is 1. The number of benzene rings is 1. The van der Waals surface area contributed by atoms with Crippen LogP contribution in [0.4, 0.5) is 18.9 Å². The molecule has 3 N–H and O–H groups in total. The van der Waals surface area contributed by atoms with E-state index in [-0.39, 0.29) is 22.2 Å². The number of nitrogens with zero attached hydrogens (tertiary/aromatic N) is 5. The number of rotatable bonds is 6. The number of hydrogen-bond acceptors (Lipinski definition) is 8. The molecule has 1 fully saturated rings. The highest BCUT2D eigenvalue weighted by atomic mass is 35.5. The van der Waals surface area contributed by atoms with Crippen molar-refractivity contribution in [1.29, 1.82) is 0 Å². The second kappa shape index (κ2) is 11.0. The molecule has 0 bridgehead atoms. The van der Waals surface area contributed by atoms with Crippen molar-refractivity contribution in [2.75, 3.05) is 37.7 Å². The summed E-state index contributed by atoms with van der Waals surface area (Å²) in [7, 11) is 0. The molecule has 5 heterocycles. The van der Waals surface area contributed by atoms with Crippen LogP contribution in [-0.2, 0) is 35.2 Å². The van der Waals surface area contributed by atoms with Gasteiger partial charge in [-0.25, -0.2) is 0 Å². The smallest absolute Gasteiger partial charge is 0.376 e. The first-order valence-electron chi connectivity index (χ1n) is 13.4. The fourth-order valence-electron chi connectivity index (χ4n) is 5.58. The minimum Gasteiger partial charge on any atom is -0.376 e. The van der Waals surface area contributed by atoms with E-state index in [1.807, 2.05) is 17.9 Å². The lowest BCUT2D eigenvalue weighted by Gasteiger charge is -2.32. The number of alkyl halides is 3. The average molecular weight is 622 g/mol. The maximum Gasteiger partial charge on any atom is 0.416 e. The van der Waals surface area contributed by atoms with Crippen LogP contribution in [0.15, 0.2) is 29.1 Å². The van der Waals surface area contributed by atoms with Gasteiger partial charge in [0.15, 0.2) is 5.82 Å². The molecule has 1 unspecified atom stereocenters. The maximum atomic E-state index is 14.1. The fourth-order valence-corrected chi connectivity index (χ4v) is 6.94. The van der Waals surface area contributed by atoms with E-state index in [0.29, 0.717) is 57.2 Å². The zero-order valence-electron chi connectivity index (χ0n) is 22.5. The zero-order chi connectivity index (χ0) is 29.8. The highest BCUT2D eigenvalue weighted by Gasteiger charge is 2.35. The van der Waals surface area contributed by atoms with E-state index in [9.17, 15) is 22.8 Å². The topological polar surface area (TPSA) is 120 Å². The average Bonchev–Trinajstić information content (AvgIpc) is 3.60. The highest BCUT2D eigenvalue weighted by molar-refractivity contribution is 7.15. The second-order valence-corrected chi connectivity index (χ2v) is 11.7. The van der Waals surface area contributed by atoms with Gasteiger partial charge in [-0.3, -0.25) is 14.2 Å². The molecule has 1 aromatic carbocycles. The number of carbonyl (C=O) groups excluding carboxylic acids is 1. The molecule has 10 nitrogen and oxygen atoms in total. The van der Waals surface area contributed by atoms with Gasteiger partial charge in [-0.05, 0) is 30.2 Å². The first kappa shape index (κ1) is 28.6. The number of primary amides is 1. The third kappa shape index (κ3) is 4.95. The molecule has 0 spiro atoms. The standard InChI is InChI=1S/C27H27ClF3N7O3S/c1-2-18-22(36-8-6-33-7-9-36)25(40)38-26(34-24(35-38)20-11-14-13-41-10-5-19(14)42-20)37(18)21(23(32)39)16-4-3-15(12-17(16)28)27(29,30)31/h3-4,11-12,21,33H,2,5-10,13H2,1H3,(H2,32,39). The normalized spacial score (nSPS) is 16.5. The molecule has 1 atom stereocenters. The van der Waals surface area contributed by atoms with Crippen LogP contribution >= 0.6 is 22.9 Å². The van der Waals surface area contributed by atoms with E-state index in [4.69, 9.17) is 27.1 Å². The summed E-state index contributed by atoms with van der Waals surface area (Å²) in [6, 6.07) is 3.32. The van der Waals surface area contributed by atoms with Crippen LogP contribution in [0.25, 0.3) is 16.5 Å². The van der Waals surface area contributed by atoms with Crippen LogP contribution in [0.1, 0.15) is 40.2 Å². The van der Waals surface area contributed by atoms with Crippen molar-refractivity contribution in [3.63, 3.8) is 0 Å². The van der Waals surface area contributed by atoms with E-state index < -0.39 is 29.2 Å². The minimum absolute atomic E-state index is 0.0353. The molecule has 15 heteroatoms. The largest absolute Gasteiger partial charge is 0.416 e. The van der Waals surface area contributed by atoms with Gasteiger partial charge in [-0.15, -0.1) is 16.4 Å². The van der Waals surface area contributed by atoms with Crippen LogP contribution in [0, 0.1) is 0 Å². The maximum absolute atomic E-state index is 14.1. The lowest BCUT2D eigenvalue weighted by molar-refractivity contribution is -0.137. The third-order valence-corrected chi connectivity index (χ3v) is 9.09. The Kier molecular flexibility index (Phi) is 7.50. The van der Waals surface area contributed by atoms with Crippen molar-refractivity contribution in [2.24, 2.45) is 5.73 Å². The molecule has 0 radical (unpaired) electrons. The first-order valence-corrected chi connectivity index (χ1v) is 14.6. The zero-order valence-corrected chi connectivity index (χ0v) is 24.1. The molecule has 222 valence electrons. The molecule has 4 aromatic rings. The van der Waals surface area contributed by atoms with Gasteiger partial charge in [0.1, 0.15) is 11.7 Å². The Labute approximate surface area is 246 Å². The summed E-state index contributed by atoms with van der Waals surface area (Å²) >= 11 is 7.90.